The van der Waals surface area contributed by atoms with E-state index in [1.54, 1.807) is 50.4 Å². The Morgan fingerprint density at radius 3 is 2.50 bits per heavy atom. The smallest absolute Gasteiger partial charge is 0.246 e. The number of halogens is 1. The lowest BCUT2D eigenvalue weighted by Crippen LogP contribution is -2.58. The van der Waals surface area contributed by atoms with Crippen molar-refractivity contribution < 1.29 is 23.9 Å². The Hall–Kier alpha value is -4.81. The van der Waals surface area contributed by atoms with Gasteiger partial charge < -0.3 is 30.3 Å². The highest BCUT2D eigenvalue weighted by Gasteiger charge is 2.42. The number of hydrogen-bond donors (Lipinski definition) is 3. The molecular formula is C37H44ClN7O5. The van der Waals surface area contributed by atoms with Crippen LogP contribution in [0.1, 0.15) is 51.8 Å². The van der Waals surface area contributed by atoms with Crippen molar-refractivity contribution in [3.8, 4) is 17.2 Å². The molecule has 1 aliphatic heterocycles. The highest BCUT2D eigenvalue weighted by Crippen LogP contribution is 2.35. The summed E-state index contributed by atoms with van der Waals surface area (Å²) >= 11 is 6.58. The molecule has 2 aromatic carbocycles. The molecule has 12 nitrogen and oxygen atoms in total. The van der Waals surface area contributed by atoms with E-state index in [0.717, 1.165) is 5.69 Å². The predicted molar refractivity (Wildman–Crippen MR) is 193 cm³/mol. The molecule has 1 aliphatic rings. The van der Waals surface area contributed by atoms with Crippen LogP contribution < -0.4 is 25.4 Å². The Labute approximate surface area is 297 Å². The monoisotopic (exact) mass is 701 g/mol. The third-order valence-electron chi connectivity index (χ3n) is 8.84. The summed E-state index contributed by atoms with van der Waals surface area (Å²) in [4.78, 5) is 55.5. The van der Waals surface area contributed by atoms with E-state index >= 15 is 0 Å². The lowest BCUT2D eigenvalue weighted by molar-refractivity contribution is -0.143. The maximum absolute atomic E-state index is 14.0. The number of Topliss-reactive ketones (excluding diaryl/α,β-unsaturated/α-hetero) is 1. The van der Waals surface area contributed by atoms with Crippen molar-refractivity contribution in [2.24, 2.45) is 5.41 Å². The van der Waals surface area contributed by atoms with Gasteiger partial charge in [0.05, 0.1) is 35.9 Å². The topological polar surface area (TPSA) is 148 Å². The second-order valence-corrected chi connectivity index (χ2v) is 14.0. The van der Waals surface area contributed by atoms with Gasteiger partial charge in [-0.15, -0.1) is 0 Å². The number of carbonyl (C=O) groups excluding carboxylic acids is 3. The second-order valence-electron chi connectivity index (χ2n) is 13.6. The van der Waals surface area contributed by atoms with E-state index < -0.39 is 23.5 Å². The first-order valence-electron chi connectivity index (χ1n) is 16.6. The fourth-order valence-electron chi connectivity index (χ4n) is 5.88. The van der Waals surface area contributed by atoms with Crippen molar-refractivity contribution in [3.63, 3.8) is 0 Å². The molecule has 0 aliphatic carbocycles. The van der Waals surface area contributed by atoms with Gasteiger partial charge in [0, 0.05) is 41.4 Å². The van der Waals surface area contributed by atoms with Gasteiger partial charge in [-0.25, -0.2) is 9.97 Å². The number of aromatic nitrogens is 3. The van der Waals surface area contributed by atoms with Gasteiger partial charge in [-0.3, -0.25) is 19.4 Å². The number of nitrogens with one attached hydrogen (secondary N) is 3. The lowest BCUT2D eigenvalue weighted by atomic mass is 9.85. The van der Waals surface area contributed by atoms with Gasteiger partial charge in [0.2, 0.25) is 11.8 Å². The number of rotatable bonds is 12. The first-order chi connectivity index (χ1) is 23.8. The summed E-state index contributed by atoms with van der Waals surface area (Å²) in [7, 11) is 3.23. The molecule has 3 N–H and O–H groups in total. The number of hydrogen-bond acceptors (Lipinski definition) is 10. The minimum Gasteiger partial charge on any atom is -0.496 e. The molecule has 1 saturated heterocycles. The minimum atomic E-state index is -0.797. The predicted octanol–water partition coefficient (Wildman–Crippen LogP) is 5.77. The van der Waals surface area contributed by atoms with Crippen LogP contribution in [0.3, 0.4) is 0 Å². The van der Waals surface area contributed by atoms with Gasteiger partial charge in [-0.1, -0.05) is 32.4 Å². The summed E-state index contributed by atoms with van der Waals surface area (Å²) in [6.07, 6.45) is 4.33. The van der Waals surface area contributed by atoms with Crippen LogP contribution in [-0.4, -0.2) is 76.3 Å². The number of likely N-dealkylation sites (N-methyl/N-ethyl adjacent to an activating group) is 1. The van der Waals surface area contributed by atoms with Gasteiger partial charge in [-0.2, -0.15) is 0 Å². The van der Waals surface area contributed by atoms with Crippen molar-refractivity contribution in [1.82, 2.24) is 30.5 Å². The summed E-state index contributed by atoms with van der Waals surface area (Å²) < 4.78 is 11.6. The molecule has 3 heterocycles. The van der Waals surface area contributed by atoms with Gasteiger partial charge in [0.15, 0.2) is 5.78 Å². The third kappa shape index (κ3) is 8.31. The van der Waals surface area contributed by atoms with Gasteiger partial charge >= 0.3 is 0 Å². The van der Waals surface area contributed by atoms with Gasteiger partial charge in [0.1, 0.15) is 35.4 Å². The fourth-order valence-corrected chi connectivity index (χ4v) is 6.10. The van der Waals surface area contributed by atoms with Crippen molar-refractivity contribution in [1.29, 1.82) is 0 Å². The first-order valence-corrected chi connectivity index (χ1v) is 17.0. The van der Waals surface area contributed by atoms with Gasteiger partial charge in [-0.05, 0) is 75.5 Å². The molecule has 5 rings (SSSR count). The highest BCUT2D eigenvalue weighted by molar-refractivity contribution is 6.32. The van der Waals surface area contributed by atoms with Gasteiger partial charge in [0.25, 0.3) is 0 Å². The molecule has 13 heteroatoms. The van der Waals surface area contributed by atoms with E-state index in [9.17, 15) is 14.4 Å². The van der Waals surface area contributed by atoms with Crippen LogP contribution in [0.15, 0.2) is 55.0 Å². The number of amides is 2. The number of likely N-dealkylation sites (tertiary alicyclic amines) is 1. The first kappa shape index (κ1) is 36.5. The molecule has 2 aromatic heterocycles. The van der Waals surface area contributed by atoms with Crippen LogP contribution in [0.2, 0.25) is 5.02 Å². The summed E-state index contributed by atoms with van der Waals surface area (Å²) in [5.41, 5.74) is 2.23. The lowest BCUT2D eigenvalue weighted by Gasteiger charge is -2.36. The maximum Gasteiger partial charge on any atom is 0.246 e. The van der Waals surface area contributed by atoms with E-state index in [4.69, 9.17) is 21.1 Å². The summed E-state index contributed by atoms with van der Waals surface area (Å²) in [5, 5.41) is 10.2. The van der Waals surface area contributed by atoms with E-state index in [-0.39, 0.29) is 24.0 Å². The van der Waals surface area contributed by atoms with Crippen LogP contribution in [0.4, 0.5) is 11.5 Å². The van der Waals surface area contributed by atoms with Crippen molar-refractivity contribution in [2.75, 3.05) is 26.0 Å². The molecular weight excluding hydrogens is 658 g/mol. The molecule has 264 valence electrons. The molecule has 0 unspecified atom stereocenters. The largest absolute Gasteiger partial charge is 0.496 e. The zero-order valence-electron chi connectivity index (χ0n) is 29.5. The highest BCUT2D eigenvalue weighted by atomic mass is 35.5. The number of nitrogens with zero attached hydrogens (tertiary/aromatic N) is 4. The summed E-state index contributed by atoms with van der Waals surface area (Å²) in [6.45, 7) is 9.77. The Balaban J connectivity index is 1.37. The quantitative estimate of drug-likeness (QED) is 0.166. The number of ketones is 1. The Bertz CT molecular complexity index is 1880. The number of methoxy groups -OCH3 is 1. The zero-order chi connectivity index (χ0) is 36.2. The van der Waals surface area contributed by atoms with Crippen molar-refractivity contribution in [2.45, 2.75) is 72.0 Å². The number of benzene rings is 2. The number of anilines is 2. The summed E-state index contributed by atoms with van der Waals surface area (Å²) in [5.74, 6) is 1.40. The number of fused-ring (bicyclic) bond motifs is 1. The average molecular weight is 702 g/mol. The minimum absolute atomic E-state index is 0.0248. The Kier molecular flexibility index (Phi) is 11.2. The molecule has 50 heavy (non-hydrogen) atoms. The van der Waals surface area contributed by atoms with Crippen LogP contribution in [0.25, 0.3) is 10.9 Å². The number of pyridine rings is 1. The average Bonchev–Trinajstić information content (AvgIpc) is 3.58. The standard InChI is InChI=1S/C37H44ClN7O5/c1-21-10-12-25(19-40-21)50-31-13-11-24(17-27(31)38)43-34-26-15-23(32(49-7)18-28(26)41-20-42-34)16-30(46)29-9-8-14-45(29)36(48)33(37(3,4)5)44-35(47)22(2)39-6/h10-13,15,17-20,22,29,33,39H,8-9,14,16H2,1-7H3,(H,44,47)(H,41,42,43)/t22-,29-,33+/m0/s1. The molecule has 0 radical (unpaired) electrons. The van der Waals surface area contributed by atoms with Crippen LogP contribution >= 0.6 is 11.6 Å². The van der Waals surface area contributed by atoms with Crippen LogP contribution in [-0.2, 0) is 20.8 Å². The number of aryl methyl sites for hydroxylation is 1. The molecule has 0 spiro atoms. The normalized spacial score (nSPS) is 15.8. The molecule has 4 aromatic rings. The second kappa shape index (κ2) is 15.4. The van der Waals surface area contributed by atoms with Crippen LogP contribution in [0, 0.1) is 12.3 Å². The maximum atomic E-state index is 14.0. The van der Waals surface area contributed by atoms with E-state index in [0.29, 0.717) is 69.6 Å². The fraction of sp³-hybridized carbons (Fsp3) is 0.405. The number of carbonyl (C=O) groups is 3. The van der Waals surface area contributed by atoms with Crippen molar-refractivity contribution >= 4 is 51.6 Å². The van der Waals surface area contributed by atoms with E-state index in [1.165, 1.54) is 6.33 Å². The molecule has 1 fully saturated rings. The molecule has 0 saturated carbocycles. The SMILES string of the molecule is CN[C@@H](C)C(=O)N[C@H](C(=O)N1CCC[C@H]1C(=O)Cc1cc2c(Nc3ccc(Oc4ccc(C)nc4)c(Cl)c3)ncnc2cc1OC)C(C)(C)C. The van der Waals surface area contributed by atoms with E-state index in [2.05, 4.69) is 30.9 Å². The molecule has 3 atom stereocenters. The molecule has 2 amide bonds. The Morgan fingerprint density at radius 2 is 1.84 bits per heavy atom. The molecule has 0 bridgehead atoms. The van der Waals surface area contributed by atoms with E-state index in [1.807, 2.05) is 52.0 Å². The van der Waals surface area contributed by atoms with Crippen molar-refractivity contribution in [3.05, 3.63) is 71.3 Å². The zero-order valence-corrected chi connectivity index (χ0v) is 30.2. The Morgan fingerprint density at radius 1 is 1.06 bits per heavy atom. The summed E-state index contributed by atoms with van der Waals surface area (Å²) in [6, 6.07) is 10.7. The number of ether oxygens (including phenoxy) is 2. The van der Waals surface area contributed by atoms with Crippen LogP contribution in [0.5, 0.6) is 17.2 Å². The third-order valence-corrected chi connectivity index (χ3v) is 9.14.